The van der Waals surface area contributed by atoms with Crippen LogP contribution in [0, 0.1) is 0 Å². The first-order chi connectivity index (χ1) is 12.7. The number of alkyl halides is 2. The van der Waals surface area contributed by atoms with Crippen LogP contribution in [0.4, 0.5) is 19.3 Å². The first-order valence-electron chi connectivity index (χ1n) is 7.73. The number of amides is 2. The van der Waals surface area contributed by atoms with E-state index in [1.807, 2.05) is 0 Å². The molecule has 0 unspecified atom stereocenters. The molecule has 0 radical (unpaired) electrons. The van der Waals surface area contributed by atoms with Gasteiger partial charge < -0.3 is 15.0 Å². The predicted octanol–water partition coefficient (Wildman–Crippen LogP) is 3.88. The Morgan fingerprint density at radius 3 is 2.52 bits per heavy atom. The van der Waals surface area contributed by atoms with E-state index in [2.05, 4.69) is 5.32 Å². The Morgan fingerprint density at radius 2 is 1.89 bits per heavy atom. The Kier molecular flexibility index (Phi) is 6.98. The second-order valence-electron chi connectivity index (χ2n) is 5.49. The first kappa shape index (κ1) is 20.9. The van der Waals surface area contributed by atoms with Crippen LogP contribution in [-0.4, -0.2) is 45.3 Å². The Labute approximate surface area is 160 Å². The van der Waals surface area contributed by atoms with Gasteiger partial charge in [-0.1, -0.05) is 17.7 Å². The summed E-state index contributed by atoms with van der Waals surface area (Å²) in [5.41, 5.74) is 0.0900. The molecule has 2 amide bonds. The lowest BCUT2D eigenvalue weighted by Crippen LogP contribution is -2.34. The smallest absolute Gasteiger partial charge is 0.341 e. The molecule has 0 fully saturated rings. The average Bonchev–Trinajstić information content (AvgIpc) is 2.63. The van der Waals surface area contributed by atoms with E-state index in [-0.39, 0.29) is 18.8 Å². The quantitative estimate of drug-likeness (QED) is 0.740. The van der Waals surface area contributed by atoms with Crippen LogP contribution in [0.1, 0.15) is 0 Å². The number of benzene rings is 2. The molecule has 146 valence electrons. The summed E-state index contributed by atoms with van der Waals surface area (Å²) >= 11 is 5.78. The molecule has 2 aromatic carbocycles. The number of nitrogens with zero attached hydrogens (tertiary/aromatic N) is 1. The highest BCUT2D eigenvalue weighted by Crippen LogP contribution is 2.21. The highest BCUT2D eigenvalue weighted by molar-refractivity contribution is 7.91. The number of carbonyl (C=O) groups is 1. The molecule has 6 nitrogen and oxygen atoms in total. The molecule has 2 rings (SSSR count). The van der Waals surface area contributed by atoms with Crippen molar-refractivity contribution in [1.82, 2.24) is 4.90 Å². The van der Waals surface area contributed by atoms with Gasteiger partial charge in [0.2, 0.25) is 9.84 Å². The summed E-state index contributed by atoms with van der Waals surface area (Å²) in [5, 5.41) is 3.03. The van der Waals surface area contributed by atoms with Crippen molar-refractivity contribution < 1.29 is 26.7 Å². The number of likely N-dealkylation sites (N-methyl/N-ethyl adjacent to an activating group) is 1. The molecule has 0 saturated heterocycles. The molecule has 0 saturated carbocycles. The number of anilines is 1. The highest BCUT2D eigenvalue weighted by Gasteiger charge is 2.26. The van der Waals surface area contributed by atoms with Crippen molar-refractivity contribution >= 4 is 33.2 Å². The fourth-order valence-corrected chi connectivity index (χ4v) is 2.90. The summed E-state index contributed by atoms with van der Waals surface area (Å²) < 4.78 is 53.7. The number of carbonyl (C=O) groups excluding carboxylic acids is 1. The molecule has 0 spiro atoms. The van der Waals surface area contributed by atoms with Gasteiger partial charge in [0.1, 0.15) is 12.4 Å². The fraction of sp³-hybridized carbons (Fsp3) is 0.235. The van der Waals surface area contributed by atoms with Gasteiger partial charge in [0.05, 0.1) is 11.4 Å². The van der Waals surface area contributed by atoms with Crippen LogP contribution >= 0.6 is 11.6 Å². The van der Waals surface area contributed by atoms with Gasteiger partial charge in [-0.2, -0.15) is 8.78 Å². The number of halogens is 3. The minimum atomic E-state index is -4.73. The SMILES string of the molecule is CN(CCOc1ccc(Cl)cc1)C(=O)Nc1cccc(S(=O)(=O)C(F)F)c1. The van der Waals surface area contributed by atoms with E-state index in [4.69, 9.17) is 16.3 Å². The van der Waals surface area contributed by atoms with Crippen molar-refractivity contribution in [2.24, 2.45) is 0 Å². The minimum Gasteiger partial charge on any atom is -0.492 e. The van der Waals surface area contributed by atoms with E-state index in [1.54, 1.807) is 24.3 Å². The van der Waals surface area contributed by atoms with Gasteiger partial charge in [0.15, 0.2) is 0 Å². The minimum absolute atomic E-state index is 0.0900. The summed E-state index contributed by atoms with van der Waals surface area (Å²) in [4.78, 5) is 12.9. The molecule has 0 aliphatic rings. The third-order valence-electron chi connectivity index (χ3n) is 3.50. The number of urea groups is 1. The molecular formula is C17H17ClF2N2O4S. The maximum Gasteiger partial charge on any atom is 0.341 e. The van der Waals surface area contributed by atoms with E-state index >= 15 is 0 Å². The third-order valence-corrected chi connectivity index (χ3v) is 5.14. The Balaban J connectivity index is 1.91. The maximum absolute atomic E-state index is 12.6. The average molecular weight is 419 g/mol. The van der Waals surface area contributed by atoms with Crippen LogP contribution in [0.15, 0.2) is 53.4 Å². The summed E-state index contributed by atoms with van der Waals surface area (Å²) in [6, 6.07) is 10.9. The second-order valence-corrected chi connectivity index (χ2v) is 7.84. The number of rotatable bonds is 7. The van der Waals surface area contributed by atoms with E-state index in [1.165, 1.54) is 24.1 Å². The van der Waals surface area contributed by atoms with Crippen molar-refractivity contribution in [3.8, 4) is 5.75 Å². The number of hydrogen-bond donors (Lipinski definition) is 1. The molecule has 0 bridgehead atoms. The summed E-state index contributed by atoms with van der Waals surface area (Å²) in [7, 11) is -3.22. The molecule has 10 heteroatoms. The second kappa shape index (κ2) is 9.01. The summed E-state index contributed by atoms with van der Waals surface area (Å²) in [6.07, 6.45) is 0. The van der Waals surface area contributed by atoms with E-state index < -0.39 is 26.5 Å². The fourth-order valence-electron chi connectivity index (χ4n) is 2.01. The Hall–Kier alpha value is -2.39. The molecule has 2 aromatic rings. The van der Waals surface area contributed by atoms with Crippen molar-refractivity contribution in [2.75, 3.05) is 25.5 Å². The lowest BCUT2D eigenvalue weighted by atomic mass is 10.3. The molecule has 27 heavy (non-hydrogen) atoms. The summed E-state index contributed by atoms with van der Waals surface area (Å²) in [5.74, 6) is -2.94. The van der Waals surface area contributed by atoms with Gasteiger partial charge in [-0.3, -0.25) is 0 Å². The molecule has 0 aromatic heterocycles. The number of nitrogens with one attached hydrogen (secondary N) is 1. The zero-order valence-corrected chi connectivity index (χ0v) is 15.8. The van der Waals surface area contributed by atoms with Gasteiger partial charge in [0.25, 0.3) is 0 Å². The van der Waals surface area contributed by atoms with E-state index in [9.17, 15) is 22.0 Å². The van der Waals surface area contributed by atoms with Crippen LogP contribution in [0.3, 0.4) is 0 Å². The number of sulfone groups is 1. The lowest BCUT2D eigenvalue weighted by Gasteiger charge is -2.18. The molecule has 0 aliphatic heterocycles. The third kappa shape index (κ3) is 5.80. The standard InChI is InChI=1S/C17H17ClF2N2O4S/c1-22(9-10-26-14-7-5-12(18)6-8-14)17(23)21-13-3-2-4-15(11-13)27(24,25)16(19)20/h2-8,11,16H,9-10H2,1H3,(H,21,23). The maximum atomic E-state index is 12.6. The highest BCUT2D eigenvalue weighted by atomic mass is 35.5. The Bertz CT molecular complexity index is 892. The monoisotopic (exact) mass is 418 g/mol. The van der Waals surface area contributed by atoms with E-state index in [0.717, 1.165) is 12.1 Å². The van der Waals surface area contributed by atoms with Crippen molar-refractivity contribution in [2.45, 2.75) is 10.7 Å². The number of ether oxygens (including phenoxy) is 1. The van der Waals surface area contributed by atoms with Gasteiger partial charge in [-0.15, -0.1) is 0 Å². The predicted molar refractivity (Wildman–Crippen MR) is 98.2 cm³/mol. The van der Waals surface area contributed by atoms with Gasteiger partial charge in [-0.05, 0) is 42.5 Å². The Morgan fingerprint density at radius 1 is 1.22 bits per heavy atom. The number of hydrogen-bond acceptors (Lipinski definition) is 4. The van der Waals surface area contributed by atoms with Gasteiger partial charge in [-0.25, -0.2) is 13.2 Å². The van der Waals surface area contributed by atoms with Gasteiger partial charge >= 0.3 is 11.8 Å². The zero-order chi connectivity index (χ0) is 20.0. The van der Waals surface area contributed by atoms with Gasteiger partial charge in [0, 0.05) is 17.8 Å². The topological polar surface area (TPSA) is 75.7 Å². The molecule has 0 aliphatic carbocycles. The molecule has 1 N–H and O–H groups in total. The largest absolute Gasteiger partial charge is 0.492 e. The van der Waals surface area contributed by atoms with Crippen molar-refractivity contribution in [3.05, 3.63) is 53.6 Å². The van der Waals surface area contributed by atoms with Crippen LogP contribution < -0.4 is 10.1 Å². The molecule has 0 heterocycles. The van der Waals surface area contributed by atoms with Crippen LogP contribution in [0.2, 0.25) is 5.02 Å². The van der Waals surface area contributed by atoms with Crippen LogP contribution in [0.25, 0.3) is 0 Å². The van der Waals surface area contributed by atoms with Crippen molar-refractivity contribution in [3.63, 3.8) is 0 Å². The van der Waals surface area contributed by atoms with Crippen LogP contribution in [-0.2, 0) is 9.84 Å². The van der Waals surface area contributed by atoms with Crippen molar-refractivity contribution in [1.29, 1.82) is 0 Å². The molecule has 0 atom stereocenters. The van der Waals surface area contributed by atoms with Crippen LogP contribution in [0.5, 0.6) is 5.75 Å². The lowest BCUT2D eigenvalue weighted by molar-refractivity contribution is 0.207. The normalized spacial score (nSPS) is 11.3. The summed E-state index contributed by atoms with van der Waals surface area (Å²) in [6.45, 7) is 0.453. The first-order valence-corrected chi connectivity index (χ1v) is 9.65. The molecular weight excluding hydrogens is 402 g/mol. The zero-order valence-electron chi connectivity index (χ0n) is 14.2. The van der Waals surface area contributed by atoms with E-state index in [0.29, 0.717) is 10.8 Å².